The average molecular weight is 247 g/mol. The first-order valence-corrected chi connectivity index (χ1v) is 5.62. The zero-order valence-electron chi connectivity index (χ0n) is 10.6. The van der Waals surface area contributed by atoms with Gasteiger partial charge in [0.2, 0.25) is 5.91 Å². The zero-order chi connectivity index (χ0) is 13.4. The number of likely N-dealkylation sites (N-methyl/N-ethyl adjacent to an activating group) is 1. The van der Waals surface area contributed by atoms with Crippen LogP contribution in [0.15, 0.2) is 18.3 Å². The second-order valence-corrected chi connectivity index (χ2v) is 3.99. The number of aliphatic hydroxyl groups excluding tert-OH is 1. The molecule has 0 bridgehead atoms. The molecule has 1 rings (SSSR count). The standard InChI is InChI=1S/C13H17N3O2/c1-16(2)10-13(18)15-12-9-11(6-7-14-12)5-3-4-8-17/h6-7,9,17H,4,8,10H2,1-2H3,(H,14,15,18). The van der Waals surface area contributed by atoms with Crippen LogP contribution in [-0.2, 0) is 4.79 Å². The molecule has 1 amide bonds. The molecular weight excluding hydrogens is 230 g/mol. The predicted molar refractivity (Wildman–Crippen MR) is 70.0 cm³/mol. The van der Waals surface area contributed by atoms with Crippen molar-refractivity contribution in [2.24, 2.45) is 0 Å². The summed E-state index contributed by atoms with van der Waals surface area (Å²) in [5, 5.41) is 11.3. The Kier molecular flexibility index (Phi) is 5.85. The van der Waals surface area contributed by atoms with Gasteiger partial charge in [-0.05, 0) is 26.2 Å². The minimum atomic E-state index is -0.118. The molecule has 0 spiro atoms. The van der Waals surface area contributed by atoms with E-state index in [0.29, 0.717) is 18.8 Å². The van der Waals surface area contributed by atoms with Crippen molar-refractivity contribution in [3.8, 4) is 11.8 Å². The summed E-state index contributed by atoms with van der Waals surface area (Å²) in [4.78, 5) is 17.4. The lowest BCUT2D eigenvalue weighted by Gasteiger charge is -2.09. The molecule has 18 heavy (non-hydrogen) atoms. The molecule has 0 atom stereocenters. The molecule has 0 aliphatic rings. The molecule has 0 saturated heterocycles. The number of hydrogen-bond donors (Lipinski definition) is 2. The van der Waals surface area contributed by atoms with Crippen LogP contribution in [-0.4, -0.2) is 48.1 Å². The van der Waals surface area contributed by atoms with Crippen molar-refractivity contribution in [1.82, 2.24) is 9.88 Å². The molecule has 0 fully saturated rings. The Morgan fingerprint density at radius 1 is 1.56 bits per heavy atom. The van der Waals surface area contributed by atoms with Gasteiger partial charge in [0.25, 0.3) is 0 Å². The molecule has 5 heteroatoms. The summed E-state index contributed by atoms with van der Waals surface area (Å²) in [7, 11) is 3.65. The van der Waals surface area contributed by atoms with E-state index in [1.54, 1.807) is 23.2 Å². The first-order valence-electron chi connectivity index (χ1n) is 5.62. The lowest BCUT2D eigenvalue weighted by Crippen LogP contribution is -2.27. The molecule has 0 aliphatic heterocycles. The largest absolute Gasteiger partial charge is 0.395 e. The smallest absolute Gasteiger partial charge is 0.239 e. The maximum Gasteiger partial charge on any atom is 0.239 e. The number of rotatable bonds is 4. The highest BCUT2D eigenvalue weighted by Crippen LogP contribution is 2.05. The minimum absolute atomic E-state index is 0.0461. The normalized spacial score (nSPS) is 9.78. The van der Waals surface area contributed by atoms with E-state index in [9.17, 15) is 4.79 Å². The number of hydrogen-bond acceptors (Lipinski definition) is 4. The molecule has 5 nitrogen and oxygen atoms in total. The van der Waals surface area contributed by atoms with E-state index in [4.69, 9.17) is 5.11 Å². The third-order valence-electron chi connectivity index (χ3n) is 1.96. The van der Waals surface area contributed by atoms with Crippen LogP contribution in [0.25, 0.3) is 0 Å². The van der Waals surface area contributed by atoms with Crippen LogP contribution in [0, 0.1) is 11.8 Å². The molecule has 0 aromatic carbocycles. The fourth-order valence-electron chi connectivity index (χ4n) is 1.27. The van der Waals surface area contributed by atoms with Crippen molar-refractivity contribution in [3.05, 3.63) is 23.9 Å². The van der Waals surface area contributed by atoms with Crippen molar-refractivity contribution < 1.29 is 9.90 Å². The lowest BCUT2D eigenvalue weighted by atomic mass is 10.2. The average Bonchev–Trinajstić information content (AvgIpc) is 2.28. The van der Waals surface area contributed by atoms with Gasteiger partial charge in [0.1, 0.15) is 5.82 Å². The number of pyridine rings is 1. The molecule has 0 unspecified atom stereocenters. The van der Waals surface area contributed by atoms with Crippen LogP contribution in [0.3, 0.4) is 0 Å². The van der Waals surface area contributed by atoms with Crippen LogP contribution >= 0.6 is 0 Å². The van der Waals surface area contributed by atoms with E-state index < -0.39 is 0 Å². The molecule has 0 saturated carbocycles. The molecule has 1 aromatic rings. The van der Waals surface area contributed by atoms with E-state index >= 15 is 0 Å². The van der Waals surface area contributed by atoms with Crippen LogP contribution in [0.5, 0.6) is 0 Å². The molecule has 0 aliphatic carbocycles. The predicted octanol–water partition coefficient (Wildman–Crippen LogP) is 0.316. The number of carbonyl (C=O) groups excluding carboxylic acids is 1. The van der Waals surface area contributed by atoms with Gasteiger partial charge in [-0.15, -0.1) is 0 Å². The number of aliphatic hydroxyl groups is 1. The van der Waals surface area contributed by atoms with Gasteiger partial charge in [0.15, 0.2) is 0 Å². The highest BCUT2D eigenvalue weighted by molar-refractivity contribution is 5.91. The number of aromatic nitrogens is 1. The van der Waals surface area contributed by atoms with E-state index in [1.165, 1.54) is 0 Å². The van der Waals surface area contributed by atoms with Gasteiger partial charge < -0.3 is 15.3 Å². The molecular formula is C13H17N3O2. The van der Waals surface area contributed by atoms with Crippen molar-refractivity contribution >= 4 is 11.7 Å². The summed E-state index contributed by atoms with van der Waals surface area (Å²) < 4.78 is 0. The van der Waals surface area contributed by atoms with Crippen LogP contribution in [0.2, 0.25) is 0 Å². The van der Waals surface area contributed by atoms with Gasteiger partial charge in [0, 0.05) is 18.2 Å². The molecule has 0 radical (unpaired) electrons. The first kappa shape index (κ1) is 14.2. The molecule has 2 N–H and O–H groups in total. The maximum absolute atomic E-state index is 11.5. The fourth-order valence-corrected chi connectivity index (χ4v) is 1.27. The maximum atomic E-state index is 11.5. The summed E-state index contributed by atoms with van der Waals surface area (Å²) in [6.45, 7) is 0.354. The zero-order valence-corrected chi connectivity index (χ0v) is 10.6. The van der Waals surface area contributed by atoms with Gasteiger partial charge in [-0.1, -0.05) is 11.8 Å². The summed E-state index contributed by atoms with van der Waals surface area (Å²) >= 11 is 0. The van der Waals surface area contributed by atoms with Crippen LogP contribution < -0.4 is 5.32 Å². The van der Waals surface area contributed by atoms with Crippen molar-refractivity contribution in [1.29, 1.82) is 0 Å². The van der Waals surface area contributed by atoms with Crippen LogP contribution in [0.1, 0.15) is 12.0 Å². The van der Waals surface area contributed by atoms with Crippen molar-refractivity contribution in [2.75, 3.05) is 32.6 Å². The van der Waals surface area contributed by atoms with Gasteiger partial charge in [0.05, 0.1) is 13.2 Å². The Morgan fingerprint density at radius 3 is 3.00 bits per heavy atom. The second kappa shape index (κ2) is 7.43. The molecule has 1 aromatic heterocycles. The number of carbonyl (C=O) groups is 1. The second-order valence-electron chi connectivity index (χ2n) is 3.99. The highest BCUT2D eigenvalue weighted by Gasteiger charge is 2.04. The SMILES string of the molecule is CN(C)CC(=O)Nc1cc(C#CCCO)ccn1. The Labute approximate surface area is 107 Å². The first-order chi connectivity index (χ1) is 8.61. The number of nitrogens with zero attached hydrogens (tertiary/aromatic N) is 2. The summed E-state index contributed by atoms with van der Waals surface area (Å²) in [6, 6.07) is 3.46. The lowest BCUT2D eigenvalue weighted by molar-refractivity contribution is -0.116. The topological polar surface area (TPSA) is 65.5 Å². The fraction of sp³-hybridized carbons (Fsp3) is 0.385. The monoisotopic (exact) mass is 247 g/mol. The van der Waals surface area contributed by atoms with Gasteiger partial charge >= 0.3 is 0 Å². The summed E-state index contributed by atoms with van der Waals surface area (Å²) in [6.07, 6.45) is 2.03. The minimum Gasteiger partial charge on any atom is -0.395 e. The Hall–Kier alpha value is -1.90. The summed E-state index contributed by atoms with van der Waals surface area (Å²) in [5.74, 6) is 6.07. The highest BCUT2D eigenvalue weighted by atomic mass is 16.2. The van der Waals surface area contributed by atoms with E-state index in [2.05, 4.69) is 22.1 Å². The summed E-state index contributed by atoms with van der Waals surface area (Å²) in [5.41, 5.74) is 0.763. The van der Waals surface area contributed by atoms with E-state index in [-0.39, 0.29) is 12.5 Å². The molecule has 1 heterocycles. The number of anilines is 1. The number of nitrogens with one attached hydrogen (secondary N) is 1. The third kappa shape index (κ3) is 5.43. The van der Waals surface area contributed by atoms with Crippen molar-refractivity contribution in [3.63, 3.8) is 0 Å². The van der Waals surface area contributed by atoms with Gasteiger partial charge in [-0.25, -0.2) is 4.98 Å². The third-order valence-corrected chi connectivity index (χ3v) is 1.96. The van der Waals surface area contributed by atoms with Crippen molar-refractivity contribution in [2.45, 2.75) is 6.42 Å². The van der Waals surface area contributed by atoms with Gasteiger partial charge in [-0.2, -0.15) is 0 Å². The quantitative estimate of drug-likeness (QED) is 0.752. The Bertz CT molecular complexity index is 461. The Balaban J connectivity index is 2.65. The molecule has 96 valence electrons. The van der Waals surface area contributed by atoms with Gasteiger partial charge in [-0.3, -0.25) is 4.79 Å². The van der Waals surface area contributed by atoms with Crippen LogP contribution in [0.4, 0.5) is 5.82 Å². The number of amides is 1. The Morgan fingerprint density at radius 2 is 2.33 bits per heavy atom. The van der Waals surface area contributed by atoms with E-state index in [0.717, 1.165) is 5.56 Å². The van der Waals surface area contributed by atoms with E-state index in [1.807, 2.05) is 14.1 Å².